The Kier molecular flexibility index (Phi) is 7.87. The van der Waals surface area contributed by atoms with Crippen LogP contribution in [-0.4, -0.2) is 62.1 Å². The maximum absolute atomic E-state index is 12.7. The van der Waals surface area contributed by atoms with E-state index in [1.165, 1.54) is 19.3 Å². The van der Waals surface area contributed by atoms with E-state index < -0.39 is 0 Å². The van der Waals surface area contributed by atoms with E-state index in [2.05, 4.69) is 15.2 Å². The number of hydrogen-bond donors (Lipinski definition) is 1. The molecule has 1 aromatic carbocycles. The molecule has 2 fully saturated rings. The number of nitrogens with zero attached hydrogens (tertiary/aromatic N) is 3. The van der Waals surface area contributed by atoms with Gasteiger partial charge in [0.05, 0.1) is 20.1 Å². The van der Waals surface area contributed by atoms with Gasteiger partial charge < -0.3 is 24.6 Å². The summed E-state index contributed by atoms with van der Waals surface area (Å²) in [5.74, 6) is 1.97. The van der Waals surface area contributed by atoms with Crippen molar-refractivity contribution in [3.05, 3.63) is 47.7 Å². The van der Waals surface area contributed by atoms with E-state index in [1.54, 1.807) is 19.1 Å². The Morgan fingerprint density at radius 3 is 2.53 bits per heavy atom. The average molecular weight is 467 g/mol. The number of aromatic nitrogens is 1. The quantitative estimate of drug-likeness (QED) is 0.612. The summed E-state index contributed by atoms with van der Waals surface area (Å²) >= 11 is 0. The van der Waals surface area contributed by atoms with Crippen LogP contribution in [0.15, 0.2) is 36.5 Å². The lowest BCUT2D eigenvalue weighted by atomic mass is 10.1. The molecule has 8 nitrogen and oxygen atoms in total. The molecule has 1 unspecified atom stereocenters. The maximum atomic E-state index is 12.7. The first kappa shape index (κ1) is 23.9. The molecule has 8 heteroatoms. The van der Waals surface area contributed by atoms with Gasteiger partial charge in [0.25, 0.3) is 0 Å². The summed E-state index contributed by atoms with van der Waals surface area (Å²) in [7, 11) is 3.21. The topological polar surface area (TPSA) is 84.0 Å². The van der Waals surface area contributed by atoms with Crippen LogP contribution >= 0.6 is 0 Å². The second kappa shape index (κ2) is 11.2. The predicted molar refractivity (Wildman–Crippen MR) is 130 cm³/mol. The van der Waals surface area contributed by atoms with Gasteiger partial charge in [-0.2, -0.15) is 0 Å². The van der Waals surface area contributed by atoms with Gasteiger partial charge in [0.2, 0.25) is 11.8 Å². The number of hydrogen-bond acceptors (Lipinski definition) is 6. The summed E-state index contributed by atoms with van der Waals surface area (Å²) in [4.78, 5) is 33.8. The molecule has 1 N–H and O–H groups in total. The van der Waals surface area contributed by atoms with E-state index >= 15 is 0 Å². The number of rotatable bonds is 9. The smallest absolute Gasteiger partial charge is 0.225 e. The molecule has 0 saturated carbocycles. The Labute approximate surface area is 201 Å². The molecule has 3 heterocycles. The third-order valence-electron chi connectivity index (χ3n) is 6.66. The van der Waals surface area contributed by atoms with Gasteiger partial charge in [-0.25, -0.2) is 4.98 Å². The Morgan fingerprint density at radius 1 is 1.06 bits per heavy atom. The second-order valence-corrected chi connectivity index (χ2v) is 8.97. The Bertz CT molecular complexity index is 989. The Hall–Kier alpha value is -3.29. The molecule has 2 aromatic rings. The molecule has 2 amide bonds. The van der Waals surface area contributed by atoms with Crippen molar-refractivity contribution >= 4 is 17.6 Å². The highest BCUT2D eigenvalue weighted by atomic mass is 16.5. The molecular weight excluding hydrogens is 432 g/mol. The van der Waals surface area contributed by atoms with Gasteiger partial charge >= 0.3 is 0 Å². The van der Waals surface area contributed by atoms with Crippen molar-refractivity contribution in [2.24, 2.45) is 5.92 Å². The standard InChI is InChI=1S/C26H34N4O4/c1-33-22-8-6-19(14-23(22)34-2)10-13-30-18-21(15-25(30)31)26(32)28-17-20-7-9-24(27-16-20)29-11-4-3-5-12-29/h6-9,14,16,21H,3-5,10-13,15,17-18H2,1-2H3,(H,28,32). The minimum absolute atomic E-state index is 0.0215. The zero-order valence-corrected chi connectivity index (χ0v) is 20.1. The first-order valence-corrected chi connectivity index (χ1v) is 12.0. The molecule has 4 rings (SSSR count). The van der Waals surface area contributed by atoms with Crippen LogP contribution in [0.25, 0.3) is 0 Å². The predicted octanol–water partition coefficient (Wildman–Crippen LogP) is 2.80. The fraction of sp³-hybridized carbons (Fsp3) is 0.500. The SMILES string of the molecule is COc1ccc(CCN2CC(C(=O)NCc3ccc(N4CCCCC4)nc3)CC2=O)cc1OC. The Balaban J connectivity index is 1.24. The number of nitrogens with one attached hydrogen (secondary N) is 1. The van der Waals surface area contributed by atoms with E-state index in [0.29, 0.717) is 37.6 Å². The fourth-order valence-corrected chi connectivity index (χ4v) is 4.63. The Morgan fingerprint density at radius 2 is 1.82 bits per heavy atom. The largest absolute Gasteiger partial charge is 0.493 e. The summed E-state index contributed by atoms with van der Waals surface area (Å²) in [6.07, 6.45) is 6.49. The highest BCUT2D eigenvalue weighted by Gasteiger charge is 2.33. The highest BCUT2D eigenvalue weighted by Crippen LogP contribution is 2.28. The van der Waals surface area contributed by atoms with E-state index in [1.807, 2.05) is 36.5 Å². The summed E-state index contributed by atoms with van der Waals surface area (Å²) in [6.45, 7) is 3.55. The first-order valence-electron chi connectivity index (χ1n) is 12.0. The van der Waals surface area contributed by atoms with Crippen LogP contribution in [-0.2, 0) is 22.6 Å². The van der Waals surface area contributed by atoms with Crippen molar-refractivity contribution in [1.29, 1.82) is 0 Å². The van der Waals surface area contributed by atoms with Gasteiger partial charge in [-0.1, -0.05) is 12.1 Å². The van der Waals surface area contributed by atoms with Gasteiger partial charge in [0, 0.05) is 45.3 Å². The monoisotopic (exact) mass is 466 g/mol. The molecular formula is C26H34N4O4. The number of amides is 2. The summed E-state index contributed by atoms with van der Waals surface area (Å²) in [5, 5.41) is 2.98. The van der Waals surface area contributed by atoms with Gasteiger partial charge in [-0.05, 0) is 55.0 Å². The van der Waals surface area contributed by atoms with Gasteiger partial charge in [0.1, 0.15) is 5.82 Å². The molecule has 182 valence electrons. The van der Waals surface area contributed by atoms with E-state index in [0.717, 1.165) is 30.0 Å². The third-order valence-corrected chi connectivity index (χ3v) is 6.66. The molecule has 2 aliphatic rings. The normalized spacial score (nSPS) is 18.2. The van der Waals surface area contributed by atoms with E-state index in [-0.39, 0.29) is 24.2 Å². The molecule has 1 aromatic heterocycles. The third kappa shape index (κ3) is 5.79. The number of piperidine rings is 1. The molecule has 0 radical (unpaired) electrons. The number of methoxy groups -OCH3 is 2. The molecule has 34 heavy (non-hydrogen) atoms. The maximum Gasteiger partial charge on any atom is 0.225 e. The fourth-order valence-electron chi connectivity index (χ4n) is 4.63. The number of pyridine rings is 1. The number of ether oxygens (including phenoxy) is 2. The van der Waals surface area contributed by atoms with Crippen LogP contribution in [0.3, 0.4) is 0 Å². The molecule has 2 saturated heterocycles. The van der Waals surface area contributed by atoms with Crippen molar-refractivity contribution in [2.75, 3.05) is 45.3 Å². The van der Waals surface area contributed by atoms with Crippen molar-refractivity contribution in [3.8, 4) is 11.5 Å². The summed E-state index contributed by atoms with van der Waals surface area (Å²) in [6, 6.07) is 9.81. The lowest BCUT2D eigenvalue weighted by Crippen LogP contribution is -2.33. The van der Waals surface area contributed by atoms with Crippen molar-refractivity contribution in [3.63, 3.8) is 0 Å². The van der Waals surface area contributed by atoms with Crippen molar-refractivity contribution < 1.29 is 19.1 Å². The van der Waals surface area contributed by atoms with Gasteiger partial charge in [-0.3, -0.25) is 9.59 Å². The molecule has 0 spiro atoms. The molecule has 0 bridgehead atoms. The number of carbonyl (C=O) groups is 2. The van der Waals surface area contributed by atoms with Crippen LogP contribution in [0.4, 0.5) is 5.82 Å². The van der Waals surface area contributed by atoms with Gasteiger partial charge in [-0.15, -0.1) is 0 Å². The first-order chi connectivity index (χ1) is 16.6. The lowest BCUT2D eigenvalue weighted by molar-refractivity contribution is -0.129. The lowest BCUT2D eigenvalue weighted by Gasteiger charge is -2.27. The second-order valence-electron chi connectivity index (χ2n) is 8.97. The molecule has 2 aliphatic heterocycles. The van der Waals surface area contributed by atoms with Crippen molar-refractivity contribution in [2.45, 2.75) is 38.6 Å². The molecule has 0 aliphatic carbocycles. The van der Waals surface area contributed by atoms with E-state index in [9.17, 15) is 9.59 Å². The van der Waals surface area contributed by atoms with E-state index in [4.69, 9.17) is 9.47 Å². The zero-order valence-electron chi connectivity index (χ0n) is 20.1. The van der Waals surface area contributed by atoms with Crippen LogP contribution in [0.1, 0.15) is 36.8 Å². The minimum atomic E-state index is -0.321. The summed E-state index contributed by atoms with van der Waals surface area (Å²) < 4.78 is 10.6. The summed E-state index contributed by atoms with van der Waals surface area (Å²) in [5.41, 5.74) is 2.02. The van der Waals surface area contributed by atoms with Crippen LogP contribution in [0.5, 0.6) is 11.5 Å². The highest BCUT2D eigenvalue weighted by molar-refractivity contribution is 5.89. The van der Waals surface area contributed by atoms with Crippen molar-refractivity contribution in [1.82, 2.24) is 15.2 Å². The molecule has 1 atom stereocenters. The number of carbonyl (C=O) groups excluding carboxylic acids is 2. The number of benzene rings is 1. The van der Waals surface area contributed by atoms with Crippen LogP contribution in [0.2, 0.25) is 0 Å². The minimum Gasteiger partial charge on any atom is -0.493 e. The number of likely N-dealkylation sites (tertiary alicyclic amines) is 1. The average Bonchev–Trinajstić information content (AvgIpc) is 3.27. The zero-order chi connectivity index (χ0) is 23.9. The number of anilines is 1. The van der Waals surface area contributed by atoms with Gasteiger partial charge in [0.15, 0.2) is 11.5 Å². The van der Waals surface area contributed by atoms with Crippen LogP contribution in [0, 0.1) is 5.92 Å². The van der Waals surface area contributed by atoms with Crippen LogP contribution < -0.4 is 19.7 Å².